The van der Waals surface area contributed by atoms with Gasteiger partial charge in [-0.05, 0) is 12.8 Å². The van der Waals surface area contributed by atoms with Gasteiger partial charge in [0.2, 0.25) is 0 Å². The molecule has 0 heterocycles. The van der Waals surface area contributed by atoms with E-state index in [9.17, 15) is 9.59 Å². The number of hydrogen-bond acceptors (Lipinski definition) is 5. The van der Waals surface area contributed by atoms with E-state index >= 15 is 0 Å². The van der Waals surface area contributed by atoms with Gasteiger partial charge in [0.05, 0.1) is 13.2 Å². The normalized spacial score (nSPS) is 11.0. The number of rotatable bonds is 28. The Balaban J connectivity index is 3.23. The minimum Gasteiger partial charge on any atom is -0.463 e. The molecule has 35 heavy (non-hydrogen) atoms. The first kappa shape index (κ1) is 33.9. The van der Waals surface area contributed by atoms with Crippen LogP contribution in [0.5, 0.6) is 0 Å². The van der Waals surface area contributed by atoms with Crippen molar-refractivity contribution in [1.29, 1.82) is 0 Å². The van der Waals surface area contributed by atoms with Crippen LogP contribution in [-0.2, 0) is 23.8 Å². The van der Waals surface area contributed by atoms with Gasteiger partial charge in [-0.1, -0.05) is 129 Å². The maximum atomic E-state index is 11.8. The molecule has 0 rings (SSSR count). The van der Waals surface area contributed by atoms with Gasteiger partial charge >= 0.3 is 11.9 Å². The summed E-state index contributed by atoms with van der Waals surface area (Å²) in [6, 6.07) is 0. The zero-order chi connectivity index (χ0) is 25.7. The molecule has 5 nitrogen and oxygen atoms in total. The highest BCUT2D eigenvalue weighted by Crippen LogP contribution is 2.14. The van der Waals surface area contributed by atoms with Crippen molar-refractivity contribution in [3.8, 4) is 0 Å². The molecule has 5 heteroatoms. The summed E-state index contributed by atoms with van der Waals surface area (Å²) in [5.41, 5.74) is 0. The average molecular weight is 499 g/mol. The third-order valence-corrected chi connectivity index (χ3v) is 6.45. The number of ether oxygens (including phenoxy) is 3. The van der Waals surface area contributed by atoms with E-state index in [1.165, 1.54) is 103 Å². The summed E-state index contributed by atoms with van der Waals surface area (Å²) < 4.78 is 15.7. The largest absolute Gasteiger partial charge is 0.463 e. The van der Waals surface area contributed by atoms with Gasteiger partial charge in [0.25, 0.3) is 0 Å². The summed E-state index contributed by atoms with van der Waals surface area (Å²) in [4.78, 5) is 23.4. The molecule has 0 N–H and O–H groups in total. The molecule has 0 unspecified atom stereocenters. The zero-order valence-electron chi connectivity index (χ0n) is 23.4. The molecule has 0 aliphatic carbocycles. The molecule has 0 saturated carbocycles. The van der Waals surface area contributed by atoms with Crippen LogP contribution < -0.4 is 0 Å². The van der Waals surface area contributed by atoms with Gasteiger partial charge in [-0.25, -0.2) is 0 Å². The molecule has 0 atom stereocenters. The van der Waals surface area contributed by atoms with E-state index in [1.807, 2.05) is 0 Å². The summed E-state index contributed by atoms with van der Waals surface area (Å²) in [6.45, 7) is 5.67. The Morgan fingerprint density at radius 3 is 1.00 bits per heavy atom. The number of hydrogen-bond donors (Lipinski definition) is 0. The second-order valence-corrected chi connectivity index (χ2v) is 9.92. The van der Waals surface area contributed by atoms with E-state index in [0.29, 0.717) is 26.1 Å². The van der Waals surface area contributed by atoms with Crippen molar-refractivity contribution < 1.29 is 23.8 Å². The lowest BCUT2D eigenvalue weighted by atomic mass is 10.0. The monoisotopic (exact) mass is 498 g/mol. The molecule has 0 fully saturated rings. The Bertz CT molecular complexity index is 452. The maximum Gasteiger partial charge on any atom is 0.305 e. The maximum absolute atomic E-state index is 11.8. The summed E-state index contributed by atoms with van der Waals surface area (Å²) in [7, 11) is 0. The SMILES string of the molecule is CCCCCCCCCCCCCCCCCC(=O)OCCOCCOC(=O)CCCCCCC. The summed E-state index contributed by atoms with van der Waals surface area (Å²) >= 11 is 0. The molecule has 0 aromatic rings. The van der Waals surface area contributed by atoms with Gasteiger partial charge in [0.1, 0.15) is 13.2 Å². The lowest BCUT2D eigenvalue weighted by Crippen LogP contribution is -2.14. The van der Waals surface area contributed by atoms with Crippen LogP contribution in [0.15, 0.2) is 0 Å². The van der Waals surface area contributed by atoms with Crippen LogP contribution in [0.1, 0.15) is 155 Å². The minimum atomic E-state index is -0.153. The van der Waals surface area contributed by atoms with Gasteiger partial charge < -0.3 is 14.2 Å². The molecule has 208 valence electrons. The predicted octanol–water partition coefficient (Wildman–Crippen LogP) is 8.71. The van der Waals surface area contributed by atoms with Crippen molar-refractivity contribution in [2.24, 2.45) is 0 Å². The molecular weight excluding hydrogens is 440 g/mol. The fourth-order valence-corrected chi connectivity index (χ4v) is 4.19. The van der Waals surface area contributed by atoms with Crippen LogP contribution in [0, 0.1) is 0 Å². The van der Waals surface area contributed by atoms with Crippen molar-refractivity contribution >= 4 is 11.9 Å². The zero-order valence-corrected chi connectivity index (χ0v) is 23.4. The molecule has 0 aliphatic rings. The molecule has 0 aromatic heterocycles. The highest BCUT2D eigenvalue weighted by atomic mass is 16.6. The predicted molar refractivity (Wildman–Crippen MR) is 146 cm³/mol. The fraction of sp³-hybridized carbons (Fsp3) is 0.933. The third kappa shape index (κ3) is 29.0. The second-order valence-electron chi connectivity index (χ2n) is 9.92. The van der Waals surface area contributed by atoms with Crippen LogP contribution in [0.4, 0.5) is 0 Å². The van der Waals surface area contributed by atoms with Gasteiger partial charge in [-0.15, -0.1) is 0 Å². The van der Waals surface area contributed by atoms with Crippen molar-refractivity contribution in [2.75, 3.05) is 26.4 Å². The van der Waals surface area contributed by atoms with Crippen molar-refractivity contribution in [1.82, 2.24) is 0 Å². The standard InChI is InChI=1S/C30H58O5/c1-3-5-7-9-10-11-12-13-14-15-16-17-18-20-22-24-30(32)35-28-26-33-25-27-34-29(31)23-21-19-8-6-4-2/h3-28H2,1-2H3. The van der Waals surface area contributed by atoms with Crippen LogP contribution in [0.2, 0.25) is 0 Å². The molecule has 0 saturated heterocycles. The fourth-order valence-electron chi connectivity index (χ4n) is 4.19. The van der Waals surface area contributed by atoms with E-state index in [-0.39, 0.29) is 25.2 Å². The van der Waals surface area contributed by atoms with Crippen molar-refractivity contribution in [3.63, 3.8) is 0 Å². The number of unbranched alkanes of at least 4 members (excludes halogenated alkanes) is 18. The molecule has 0 aromatic carbocycles. The number of carbonyl (C=O) groups is 2. The third-order valence-electron chi connectivity index (χ3n) is 6.45. The minimum absolute atomic E-state index is 0.141. The first-order valence-electron chi connectivity index (χ1n) is 15.1. The molecular formula is C30H58O5. The molecule has 0 aliphatic heterocycles. The molecule has 0 radical (unpaired) electrons. The Labute approximate surface area is 217 Å². The van der Waals surface area contributed by atoms with Crippen LogP contribution >= 0.6 is 0 Å². The number of esters is 2. The van der Waals surface area contributed by atoms with Gasteiger partial charge in [-0.2, -0.15) is 0 Å². The number of carbonyl (C=O) groups excluding carboxylic acids is 2. The first-order chi connectivity index (χ1) is 17.2. The van der Waals surface area contributed by atoms with E-state index in [0.717, 1.165) is 25.7 Å². The van der Waals surface area contributed by atoms with Crippen LogP contribution in [-0.4, -0.2) is 38.4 Å². The quantitative estimate of drug-likeness (QED) is 0.0797. The van der Waals surface area contributed by atoms with E-state index in [4.69, 9.17) is 14.2 Å². The topological polar surface area (TPSA) is 61.8 Å². The average Bonchev–Trinajstić information content (AvgIpc) is 2.85. The van der Waals surface area contributed by atoms with Gasteiger partial charge in [0, 0.05) is 12.8 Å². The Kier molecular flexibility index (Phi) is 28.2. The summed E-state index contributed by atoms with van der Waals surface area (Å²) in [5, 5.41) is 0. The van der Waals surface area contributed by atoms with E-state index in [1.54, 1.807) is 0 Å². The highest BCUT2D eigenvalue weighted by Gasteiger charge is 2.04. The molecule has 0 amide bonds. The van der Waals surface area contributed by atoms with Crippen molar-refractivity contribution in [3.05, 3.63) is 0 Å². The van der Waals surface area contributed by atoms with Gasteiger partial charge in [-0.3, -0.25) is 9.59 Å². The van der Waals surface area contributed by atoms with Crippen LogP contribution in [0.25, 0.3) is 0 Å². The second kappa shape index (κ2) is 29.1. The molecule has 0 bridgehead atoms. The van der Waals surface area contributed by atoms with Crippen LogP contribution in [0.3, 0.4) is 0 Å². The lowest BCUT2D eigenvalue weighted by Gasteiger charge is -2.07. The molecule has 0 spiro atoms. The Morgan fingerprint density at radius 2 is 0.686 bits per heavy atom. The lowest BCUT2D eigenvalue weighted by molar-refractivity contribution is -0.146. The Hall–Kier alpha value is -1.10. The summed E-state index contributed by atoms with van der Waals surface area (Å²) in [5.74, 6) is -0.294. The smallest absolute Gasteiger partial charge is 0.305 e. The Morgan fingerprint density at radius 1 is 0.400 bits per heavy atom. The first-order valence-corrected chi connectivity index (χ1v) is 15.1. The van der Waals surface area contributed by atoms with Crippen molar-refractivity contribution in [2.45, 2.75) is 155 Å². The van der Waals surface area contributed by atoms with E-state index in [2.05, 4.69) is 13.8 Å². The highest BCUT2D eigenvalue weighted by molar-refractivity contribution is 5.69. The van der Waals surface area contributed by atoms with E-state index < -0.39 is 0 Å². The summed E-state index contributed by atoms with van der Waals surface area (Å²) in [6.07, 6.45) is 26.4. The van der Waals surface area contributed by atoms with Gasteiger partial charge in [0.15, 0.2) is 0 Å².